The van der Waals surface area contributed by atoms with E-state index >= 15 is 0 Å². The minimum atomic E-state index is -0.141. The average molecular weight is 300 g/mol. The fraction of sp³-hybridized carbons (Fsp3) is 0.471. The Kier molecular flexibility index (Phi) is 2.94. The summed E-state index contributed by atoms with van der Waals surface area (Å²) in [7, 11) is 3.83. The predicted molar refractivity (Wildman–Crippen MR) is 83.0 cm³/mol. The lowest BCUT2D eigenvalue weighted by molar-refractivity contribution is 0.156. The van der Waals surface area contributed by atoms with Crippen LogP contribution in [0.5, 0.6) is 11.5 Å². The Hall–Kier alpha value is -2.01. The lowest BCUT2D eigenvalue weighted by Gasteiger charge is -2.34. The van der Waals surface area contributed by atoms with Crippen molar-refractivity contribution >= 4 is 5.71 Å². The van der Waals surface area contributed by atoms with Crippen molar-refractivity contribution in [1.29, 1.82) is 0 Å². The van der Waals surface area contributed by atoms with Crippen molar-refractivity contribution in [2.45, 2.75) is 30.9 Å². The van der Waals surface area contributed by atoms with Crippen LogP contribution in [0.1, 0.15) is 24.0 Å². The van der Waals surface area contributed by atoms with E-state index in [1.165, 1.54) is 11.1 Å². The molecule has 1 aromatic rings. The molecule has 3 aliphatic rings. The van der Waals surface area contributed by atoms with Gasteiger partial charge in [-0.25, -0.2) is 0 Å². The number of nitrogens with zero attached hydrogens (tertiary/aromatic N) is 2. The highest BCUT2D eigenvalue weighted by Crippen LogP contribution is 2.55. The van der Waals surface area contributed by atoms with E-state index in [-0.39, 0.29) is 11.5 Å². The van der Waals surface area contributed by atoms with E-state index in [9.17, 15) is 0 Å². The maximum absolute atomic E-state index is 9.10. The highest BCUT2D eigenvalue weighted by atomic mass is 16.5. The molecule has 0 radical (unpaired) electrons. The number of hydrogen-bond donors (Lipinski definition) is 1. The first kappa shape index (κ1) is 13.6. The molecule has 2 heterocycles. The zero-order chi connectivity index (χ0) is 15.3. The van der Waals surface area contributed by atoms with E-state index in [1.807, 2.05) is 12.1 Å². The minimum Gasteiger partial charge on any atom is -0.493 e. The zero-order valence-electron chi connectivity index (χ0n) is 12.9. The summed E-state index contributed by atoms with van der Waals surface area (Å²) in [6.45, 7) is 1.92. The molecule has 116 valence electrons. The van der Waals surface area contributed by atoms with Crippen LogP contribution in [0.25, 0.3) is 0 Å². The molecule has 0 saturated heterocycles. The summed E-state index contributed by atoms with van der Waals surface area (Å²) in [4.78, 5) is 2.34. The molecule has 4 rings (SSSR count). The summed E-state index contributed by atoms with van der Waals surface area (Å²) >= 11 is 0. The monoisotopic (exact) mass is 300 g/mol. The van der Waals surface area contributed by atoms with Crippen LogP contribution in [-0.4, -0.2) is 42.6 Å². The number of allylic oxidation sites excluding steroid dienone is 1. The maximum Gasteiger partial charge on any atom is 0.166 e. The van der Waals surface area contributed by atoms with Gasteiger partial charge < -0.3 is 19.6 Å². The zero-order valence-corrected chi connectivity index (χ0v) is 12.9. The Morgan fingerprint density at radius 2 is 2.32 bits per heavy atom. The standard InChI is InChI=1S/C17H20N2O3/c1-19-8-7-17-6-5-12(18-20)9-14(17)22-16-13(21-2)4-3-11(10-19)15(16)17/h3-6,14,20H,7-10H2,1-2H3/b18-12-. The number of oxime groups is 1. The summed E-state index contributed by atoms with van der Waals surface area (Å²) in [5, 5.41) is 12.5. The number of methoxy groups -OCH3 is 1. The van der Waals surface area contributed by atoms with Gasteiger partial charge in [0.15, 0.2) is 11.5 Å². The van der Waals surface area contributed by atoms with Crippen LogP contribution in [0.15, 0.2) is 29.4 Å². The third-order valence-electron chi connectivity index (χ3n) is 5.17. The molecule has 2 unspecified atom stereocenters. The second-order valence-electron chi connectivity index (χ2n) is 6.39. The highest BCUT2D eigenvalue weighted by Gasteiger charge is 2.52. The number of hydrogen-bond acceptors (Lipinski definition) is 5. The molecule has 0 bridgehead atoms. The molecule has 0 amide bonds. The fourth-order valence-electron chi connectivity index (χ4n) is 4.04. The Labute approximate surface area is 129 Å². The number of benzene rings is 1. The van der Waals surface area contributed by atoms with Crippen molar-refractivity contribution in [3.63, 3.8) is 0 Å². The lowest BCUT2D eigenvalue weighted by atomic mass is 9.69. The summed E-state index contributed by atoms with van der Waals surface area (Å²) < 4.78 is 11.8. The molecule has 2 aliphatic heterocycles. The molecular formula is C17H20N2O3. The van der Waals surface area contributed by atoms with E-state index in [4.69, 9.17) is 14.7 Å². The molecule has 0 saturated carbocycles. The Morgan fingerprint density at radius 3 is 3.09 bits per heavy atom. The van der Waals surface area contributed by atoms with Crippen LogP contribution in [0.3, 0.4) is 0 Å². The van der Waals surface area contributed by atoms with Gasteiger partial charge in [-0.3, -0.25) is 0 Å². The molecule has 5 nitrogen and oxygen atoms in total. The molecule has 0 aromatic heterocycles. The van der Waals surface area contributed by atoms with Crippen molar-refractivity contribution in [2.75, 3.05) is 20.7 Å². The third-order valence-corrected chi connectivity index (χ3v) is 5.17. The molecule has 0 fully saturated rings. The summed E-state index contributed by atoms with van der Waals surface area (Å²) in [6, 6.07) is 4.14. The maximum atomic E-state index is 9.10. The SMILES string of the molecule is COc1ccc2c3c1OC1C/C(=N\O)C=CC31CCN(C)C2. The molecule has 1 N–H and O–H groups in total. The summed E-state index contributed by atoms with van der Waals surface area (Å²) in [6.07, 6.45) is 5.69. The van der Waals surface area contributed by atoms with Gasteiger partial charge in [-0.1, -0.05) is 17.3 Å². The first-order valence-electron chi connectivity index (χ1n) is 7.63. The molecule has 1 aliphatic carbocycles. The molecule has 22 heavy (non-hydrogen) atoms. The van der Waals surface area contributed by atoms with Gasteiger partial charge in [-0.15, -0.1) is 0 Å². The van der Waals surface area contributed by atoms with Crippen molar-refractivity contribution in [2.24, 2.45) is 5.16 Å². The van der Waals surface area contributed by atoms with Gasteiger partial charge in [-0.2, -0.15) is 0 Å². The van der Waals surface area contributed by atoms with Crippen LogP contribution in [-0.2, 0) is 12.0 Å². The topological polar surface area (TPSA) is 54.3 Å². The smallest absolute Gasteiger partial charge is 0.166 e. The minimum absolute atomic E-state index is 0.0278. The Morgan fingerprint density at radius 1 is 1.45 bits per heavy atom. The van der Waals surface area contributed by atoms with Crippen LogP contribution < -0.4 is 9.47 Å². The second-order valence-corrected chi connectivity index (χ2v) is 6.39. The van der Waals surface area contributed by atoms with Crippen molar-refractivity contribution in [3.05, 3.63) is 35.4 Å². The molecule has 1 aromatic carbocycles. The van der Waals surface area contributed by atoms with Crippen molar-refractivity contribution in [3.8, 4) is 11.5 Å². The second kappa shape index (κ2) is 4.74. The van der Waals surface area contributed by atoms with E-state index in [1.54, 1.807) is 7.11 Å². The van der Waals surface area contributed by atoms with Crippen LogP contribution in [0.4, 0.5) is 0 Å². The van der Waals surface area contributed by atoms with Gasteiger partial charge in [0, 0.05) is 18.5 Å². The molecule has 2 atom stereocenters. The van der Waals surface area contributed by atoms with E-state index in [2.05, 4.69) is 29.2 Å². The molecular weight excluding hydrogens is 280 g/mol. The van der Waals surface area contributed by atoms with Crippen LogP contribution >= 0.6 is 0 Å². The Bertz CT molecular complexity index is 683. The Balaban J connectivity index is 1.95. The van der Waals surface area contributed by atoms with Gasteiger partial charge in [0.1, 0.15) is 6.10 Å². The summed E-state index contributed by atoms with van der Waals surface area (Å²) in [5.41, 5.74) is 3.08. The van der Waals surface area contributed by atoms with Gasteiger partial charge >= 0.3 is 0 Å². The average Bonchev–Trinajstić information content (AvgIpc) is 2.80. The van der Waals surface area contributed by atoms with Crippen molar-refractivity contribution in [1.82, 2.24) is 4.90 Å². The van der Waals surface area contributed by atoms with Gasteiger partial charge in [0.25, 0.3) is 0 Å². The largest absolute Gasteiger partial charge is 0.493 e. The van der Waals surface area contributed by atoms with Crippen LogP contribution in [0, 0.1) is 0 Å². The molecule has 5 heteroatoms. The highest BCUT2D eigenvalue weighted by molar-refractivity contribution is 5.96. The lowest BCUT2D eigenvalue weighted by Crippen LogP contribution is -2.41. The first-order valence-corrected chi connectivity index (χ1v) is 7.63. The van der Waals surface area contributed by atoms with Crippen LogP contribution in [0.2, 0.25) is 0 Å². The number of ether oxygens (including phenoxy) is 2. The summed E-state index contributed by atoms with van der Waals surface area (Å²) in [5.74, 6) is 1.65. The predicted octanol–water partition coefficient (Wildman–Crippen LogP) is 2.32. The van der Waals surface area contributed by atoms with Gasteiger partial charge in [0.2, 0.25) is 0 Å². The third kappa shape index (κ3) is 1.72. The number of rotatable bonds is 1. The van der Waals surface area contributed by atoms with Crippen molar-refractivity contribution < 1.29 is 14.7 Å². The fourth-order valence-corrected chi connectivity index (χ4v) is 4.04. The first-order chi connectivity index (χ1) is 10.7. The molecule has 1 spiro atoms. The van der Waals surface area contributed by atoms with Gasteiger partial charge in [-0.05, 0) is 37.7 Å². The van der Waals surface area contributed by atoms with Gasteiger partial charge in [0.05, 0.1) is 18.2 Å². The van der Waals surface area contributed by atoms with E-state index in [0.717, 1.165) is 31.0 Å². The van der Waals surface area contributed by atoms with E-state index in [0.29, 0.717) is 12.1 Å². The normalized spacial score (nSPS) is 31.4. The van der Waals surface area contributed by atoms with E-state index < -0.39 is 0 Å². The quantitative estimate of drug-likeness (QED) is 0.639.